The molecule has 0 aliphatic heterocycles. The first-order valence-electron chi connectivity index (χ1n) is 8.59. The van der Waals surface area contributed by atoms with Gasteiger partial charge >= 0.3 is 0 Å². The maximum Gasteiger partial charge on any atom is 0.259 e. The Morgan fingerprint density at radius 3 is 2.64 bits per heavy atom. The molecule has 0 bridgehead atoms. The number of nitrogens with zero attached hydrogens (tertiary/aromatic N) is 4. The number of methoxy groups -OCH3 is 2. The standard InChI is InChI=1S/C19H21N5O4/c1-13-21-22-23-24(13)16-12-14(8-9-18(16)27-3)20-19(25)15-6-4-5-7-17(15)28-11-10-26-2/h4-9,12H,10-11H2,1-3H3,(H,20,25). The normalized spacial score (nSPS) is 10.5. The summed E-state index contributed by atoms with van der Waals surface area (Å²) < 4.78 is 17.5. The van der Waals surface area contributed by atoms with Gasteiger partial charge in [0.05, 0.1) is 19.3 Å². The van der Waals surface area contributed by atoms with Gasteiger partial charge in [-0.1, -0.05) is 12.1 Å². The molecule has 3 rings (SSSR count). The number of para-hydroxylation sites is 1. The molecule has 0 radical (unpaired) electrons. The van der Waals surface area contributed by atoms with E-state index >= 15 is 0 Å². The van der Waals surface area contributed by atoms with Gasteiger partial charge in [-0.3, -0.25) is 4.79 Å². The highest BCUT2D eigenvalue weighted by molar-refractivity contribution is 6.06. The van der Waals surface area contributed by atoms with Crippen molar-refractivity contribution in [1.82, 2.24) is 20.2 Å². The number of anilines is 1. The van der Waals surface area contributed by atoms with Crippen LogP contribution in [0.3, 0.4) is 0 Å². The maximum absolute atomic E-state index is 12.8. The van der Waals surface area contributed by atoms with Crippen LogP contribution in [-0.4, -0.2) is 53.5 Å². The first-order chi connectivity index (χ1) is 13.6. The molecule has 0 saturated heterocycles. The van der Waals surface area contributed by atoms with E-state index < -0.39 is 0 Å². The number of carbonyl (C=O) groups is 1. The lowest BCUT2D eigenvalue weighted by molar-refractivity contribution is 0.101. The first kappa shape index (κ1) is 19.3. The summed E-state index contributed by atoms with van der Waals surface area (Å²) in [5, 5.41) is 14.4. The van der Waals surface area contributed by atoms with E-state index in [0.717, 1.165) is 0 Å². The molecular formula is C19H21N5O4. The van der Waals surface area contributed by atoms with Gasteiger partial charge in [0.25, 0.3) is 5.91 Å². The van der Waals surface area contributed by atoms with Crippen molar-refractivity contribution in [2.45, 2.75) is 6.92 Å². The van der Waals surface area contributed by atoms with Gasteiger partial charge in [0.15, 0.2) is 5.82 Å². The zero-order valence-corrected chi connectivity index (χ0v) is 15.9. The molecule has 146 valence electrons. The fraction of sp³-hybridized carbons (Fsp3) is 0.263. The number of benzene rings is 2. The van der Waals surface area contributed by atoms with Crippen LogP contribution in [0, 0.1) is 6.92 Å². The van der Waals surface area contributed by atoms with E-state index in [1.807, 2.05) is 6.07 Å². The Bertz CT molecular complexity index is 957. The summed E-state index contributed by atoms with van der Waals surface area (Å²) in [6.45, 7) is 2.56. The fourth-order valence-corrected chi connectivity index (χ4v) is 2.60. The molecule has 28 heavy (non-hydrogen) atoms. The van der Waals surface area contributed by atoms with E-state index in [0.29, 0.717) is 47.5 Å². The number of rotatable bonds is 8. The number of aromatic nitrogens is 4. The Labute approximate surface area is 162 Å². The number of tetrazole rings is 1. The highest BCUT2D eigenvalue weighted by atomic mass is 16.5. The number of carbonyl (C=O) groups excluding carboxylic acids is 1. The number of ether oxygens (including phenoxy) is 3. The molecule has 0 aliphatic carbocycles. The number of hydrogen-bond donors (Lipinski definition) is 1. The van der Waals surface area contributed by atoms with Gasteiger partial charge in [0, 0.05) is 12.8 Å². The molecule has 2 aromatic carbocycles. The molecule has 3 aromatic rings. The van der Waals surface area contributed by atoms with Crippen LogP contribution < -0.4 is 14.8 Å². The summed E-state index contributed by atoms with van der Waals surface area (Å²) in [7, 11) is 3.15. The van der Waals surface area contributed by atoms with Gasteiger partial charge < -0.3 is 19.5 Å². The van der Waals surface area contributed by atoms with Gasteiger partial charge in [-0.2, -0.15) is 4.68 Å². The zero-order chi connectivity index (χ0) is 19.9. The van der Waals surface area contributed by atoms with Crippen molar-refractivity contribution in [2.75, 3.05) is 32.8 Å². The third kappa shape index (κ3) is 4.26. The monoisotopic (exact) mass is 383 g/mol. The van der Waals surface area contributed by atoms with Crippen LogP contribution in [-0.2, 0) is 4.74 Å². The number of hydrogen-bond acceptors (Lipinski definition) is 7. The summed E-state index contributed by atoms with van der Waals surface area (Å²) in [6.07, 6.45) is 0. The molecule has 0 atom stereocenters. The predicted octanol–water partition coefficient (Wildman–Crippen LogP) is 2.26. The van der Waals surface area contributed by atoms with Crippen LogP contribution in [0.4, 0.5) is 5.69 Å². The van der Waals surface area contributed by atoms with Gasteiger partial charge in [0.2, 0.25) is 0 Å². The molecule has 0 spiro atoms. The summed E-state index contributed by atoms with van der Waals surface area (Å²) in [6, 6.07) is 12.3. The summed E-state index contributed by atoms with van der Waals surface area (Å²) in [5.41, 5.74) is 1.62. The minimum absolute atomic E-state index is 0.294. The molecular weight excluding hydrogens is 362 g/mol. The average molecular weight is 383 g/mol. The zero-order valence-electron chi connectivity index (χ0n) is 15.9. The van der Waals surface area contributed by atoms with Crippen LogP contribution in [0.25, 0.3) is 5.69 Å². The lowest BCUT2D eigenvalue weighted by atomic mass is 10.1. The highest BCUT2D eigenvalue weighted by Crippen LogP contribution is 2.27. The molecule has 9 heteroatoms. The van der Waals surface area contributed by atoms with E-state index in [-0.39, 0.29) is 5.91 Å². The van der Waals surface area contributed by atoms with Crippen LogP contribution in [0.2, 0.25) is 0 Å². The minimum Gasteiger partial charge on any atom is -0.494 e. The minimum atomic E-state index is -0.294. The second kappa shape index (κ2) is 8.96. The molecule has 1 aromatic heterocycles. The lowest BCUT2D eigenvalue weighted by Gasteiger charge is -2.13. The second-order valence-electron chi connectivity index (χ2n) is 5.82. The SMILES string of the molecule is COCCOc1ccccc1C(=O)Nc1ccc(OC)c(-n2nnnc2C)c1. The van der Waals surface area contributed by atoms with Crippen molar-refractivity contribution < 1.29 is 19.0 Å². The molecule has 0 saturated carbocycles. The Morgan fingerprint density at radius 1 is 1.11 bits per heavy atom. The van der Waals surface area contributed by atoms with Gasteiger partial charge in [-0.05, 0) is 47.7 Å². The third-order valence-electron chi connectivity index (χ3n) is 3.97. The van der Waals surface area contributed by atoms with Crippen molar-refractivity contribution in [1.29, 1.82) is 0 Å². The molecule has 0 fully saturated rings. The molecule has 1 heterocycles. The average Bonchev–Trinajstić information content (AvgIpc) is 3.14. The summed E-state index contributed by atoms with van der Waals surface area (Å²) in [5.74, 6) is 1.37. The van der Waals surface area contributed by atoms with Crippen molar-refractivity contribution in [2.24, 2.45) is 0 Å². The molecule has 0 unspecified atom stereocenters. The van der Waals surface area contributed by atoms with Crippen molar-refractivity contribution >= 4 is 11.6 Å². The number of nitrogens with one attached hydrogen (secondary N) is 1. The van der Waals surface area contributed by atoms with E-state index in [9.17, 15) is 4.79 Å². The van der Waals surface area contributed by atoms with E-state index in [1.54, 1.807) is 57.5 Å². The predicted molar refractivity (Wildman–Crippen MR) is 102 cm³/mol. The first-order valence-corrected chi connectivity index (χ1v) is 8.59. The van der Waals surface area contributed by atoms with Crippen LogP contribution in [0.5, 0.6) is 11.5 Å². The maximum atomic E-state index is 12.8. The summed E-state index contributed by atoms with van der Waals surface area (Å²) in [4.78, 5) is 12.8. The van der Waals surface area contributed by atoms with Gasteiger partial charge in [-0.25, -0.2) is 0 Å². The lowest BCUT2D eigenvalue weighted by Crippen LogP contribution is -2.15. The number of aryl methyl sites for hydroxylation is 1. The van der Waals surface area contributed by atoms with Crippen molar-refractivity contribution in [3.05, 3.63) is 53.9 Å². The Morgan fingerprint density at radius 2 is 1.93 bits per heavy atom. The smallest absolute Gasteiger partial charge is 0.259 e. The molecule has 9 nitrogen and oxygen atoms in total. The van der Waals surface area contributed by atoms with Gasteiger partial charge in [0.1, 0.15) is 23.8 Å². The highest BCUT2D eigenvalue weighted by Gasteiger charge is 2.15. The molecule has 0 aliphatic rings. The Balaban J connectivity index is 1.85. The Hall–Kier alpha value is -3.46. The summed E-state index contributed by atoms with van der Waals surface area (Å²) >= 11 is 0. The van der Waals surface area contributed by atoms with Crippen LogP contribution in [0.15, 0.2) is 42.5 Å². The number of amides is 1. The van der Waals surface area contributed by atoms with E-state index in [1.165, 1.54) is 4.68 Å². The van der Waals surface area contributed by atoms with Crippen LogP contribution >= 0.6 is 0 Å². The van der Waals surface area contributed by atoms with Crippen LogP contribution in [0.1, 0.15) is 16.2 Å². The van der Waals surface area contributed by atoms with Crippen molar-refractivity contribution in [3.63, 3.8) is 0 Å². The van der Waals surface area contributed by atoms with Crippen molar-refractivity contribution in [3.8, 4) is 17.2 Å². The third-order valence-corrected chi connectivity index (χ3v) is 3.97. The molecule has 1 N–H and O–H groups in total. The van der Waals surface area contributed by atoms with Gasteiger partial charge in [-0.15, -0.1) is 5.10 Å². The second-order valence-corrected chi connectivity index (χ2v) is 5.82. The largest absolute Gasteiger partial charge is 0.494 e. The fourth-order valence-electron chi connectivity index (χ4n) is 2.60. The Kier molecular flexibility index (Phi) is 6.18. The van der Waals surface area contributed by atoms with E-state index in [2.05, 4.69) is 20.8 Å². The topological polar surface area (TPSA) is 100 Å². The molecule has 1 amide bonds. The van der Waals surface area contributed by atoms with E-state index in [4.69, 9.17) is 14.2 Å². The quantitative estimate of drug-likeness (QED) is 0.596.